The smallest absolute Gasteiger partial charge is 0.0311 e. The maximum absolute atomic E-state index is 4.02. The van der Waals surface area contributed by atoms with Gasteiger partial charge in [0.2, 0.25) is 0 Å². The van der Waals surface area contributed by atoms with Crippen molar-refractivity contribution >= 4 is 0 Å². The van der Waals surface area contributed by atoms with E-state index in [2.05, 4.69) is 50.0 Å². The standard InChI is InChI=1S/C16H25N/c1-5-6-7-14-8-10-15(11-9-14)12-16(17-4)13(2)3/h8-11,16-17H,2,5-7,12H2,1,3-4H3. The van der Waals surface area contributed by atoms with Crippen LogP contribution < -0.4 is 5.32 Å². The van der Waals surface area contributed by atoms with Gasteiger partial charge in [-0.3, -0.25) is 0 Å². The van der Waals surface area contributed by atoms with Crippen LogP contribution in [0.15, 0.2) is 36.4 Å². The molecule has 1 nitrogen and oxygen atoms in total. The van der Waals surface area contributed by atoms with Gasteiger partial charge in [0.25, 0.3) is 0 Å². The molecular formula is C16H25N. The van der Waals surface area contributed by atoms with E-state index in [1.54, 1.807) is 0 Å². The van der Waals surface area contributed by atoms with Gasteiger partial charge in [-0.1, -0.05) is 49.8 Å². The van der Waals surface area contributed by atoms with E-state index in [0.717, 1.165) is 6.42 Å². The van der Waals surface area contributed by atoms with Crippen molar-refractivity contribution in [1.29, 1.82) is 0 Å². The molecule has 1 N–H and O–H groups in total. The molecule has 94 valence electrons. The van der Waals surface area contributed by atoms with E-state index in [0.29, 0.717) is 6.04 Å². The van der Waals surface area contributed by atoms with Crippen molar-refractivity contribution in [2.75, 3.05) is 7.05 Å². The molecule has 0 fully saturated rings. The first-order valence-electron chi connectivity index (χ1n) is 6.57. The topological polar surface area (TPSA) is 12.0 Å². The fourth-order valence-corrected chi connectivity index (χ4v) is 1.98. The maximum atomic E-state index is 4.02. The highest BCUT2D eigenvalue weighted by Gasteiger charge is 2.07. The van der Waals surface area contributed by atoms with Gasteiger partial charge < -0.3 is 5.32 Å². The van der Waals surface area contributed by atoms with Gasteiger partial charge in [-0.15, -0.1) is 0 Å². The van der Waals surface area contributed by atoms with Crippen molar-refractivity contribution in [1.82, 2.24) is 5.32 Å². The van der Waals surface area contributed by atoms with Gasteiger partial charge in [-0.25, -0.2) is 0 Å². The molecular weight excluding hydrogens is 206 g/mol. The van der Waals surface area contributed by atoms with Crippen LogP contribution in [0.3, 0.4) is 0 Å². The van der Waals surface area contributed by atoms with Crippen molar-refractivity contribution in [3.63, 3.8) is 0 Å². The summed E-state index contributed by atoms with van der Waals surface area (Å²) in [5.41, 5.74) is 4.03. The van der Waals surface area contributed by atoms with E-state index in [9.17, 15) is 0 Å². The van der Waals surface area contributed by atoms with Gasteiger partial charge in [0.15, 0.2) is 0 Å². The van der Waals surface area contributed by atoms with Gasteiger partial charge >= 0.3 is 0 Å². The first kappa shape index (κ1) is 14.0. The number of likely N-dealkylation sites (N-methyl/N-ethyl adjacent to an activating group) is 1. The molecule has 0 amide bonds. The second-order valence-corrected chi connectivity index (χ2v) is 4.81. The first-order valence-corrected chi connectivity index (χ1v) is 6.57. The van der Waals surface area contributed by atoms with Crippen LogP contribution in [0.25, 0.3) is 0 Å². The quantitative estimate of drug-likeness (QED) is 0.705. The molecule has 0 heterocycles. The van der Waals surface area contributed by atoms with Crippen LogP contribution >= 0.6 is 0 Å². The summed E-state index contributed by atoms with van der Waals surface area (Å²) in [7, 11) is 2.00. The summed E-state index contributed by atoms with van der Waals surface area (Å²) in [6, 6.07) is 9.40. The minimum Gasteiger partial charge on any atom is -0.313 e. The van der Waals surface area contributed by atoms with Crippen molar-refractivity contribution in [2.24, 2.45) is 0 Å². The summed E-state index contributed by atoms with van der Waals surface area (Å²) in [5, 5.41) is 3.30. The zero-order valence-electron chi connectivity index (χ0n) is 11.4. The highest BCUT2D eigenvalue weighted by Crippen LogP contribution is 2.11. The Bertz CT molecular complexity index is 337. The van der Waals surface area contributed by atoms with E-state index in [1.807, 2.05) is 7.05 Å². The van der Waals surface area contributed by atoms with Gasteiger partial charge in [-0.2, -0.15) is 0 Å². The zero-order chi connectivity index (χ0) is 12.7. The molecule has 0 spiro atoms. The molecule has 0 aliphatic heterocycles. The van der Waals surface area contributed by atoms with E-state index in [1.165, 1.54) is 36.0 Å². The number of aryl methyl sites for hydroxylation is 1. The Morgan fingerprint density at radius 2 is 1.82 bits per heavy atom. The molecule has 0 saturated heterocycles. The summed E-state index contributed by atoms with van der Waals surface area (Å²) in [6.45, 7) is 8.33. The summed E-state index contributed by atoms with van der Waals surface area (Å²) in [5.74, 6) is 0. The van der Waals surface area contributed by atoms with Gasteiger partial charge in [0, 0.05) is 6.04 Å². The van der Waals surface area contributed by atoms with Crippen LogP contribution in [0.5, 0.6) is 0 Å². The molecule has 0 aliphatic rings. The lowest BCUT2D eigenvalue weighted by atomic mass is 9.99. The van der Waals surface area contributed by atoms with Crippen LogP contribution in [0.4, 0.5) is 0 Å². The average molecular weight is 231 g/mol. The van der Waals surface area contributed by atoms with Crippen molar-refractivity contribution in [3.05, 3.63) is 47.5 Å². The number of hydrogen-bond acceptors (Lipinski definition) is 1. The summed E-state index contributed by atoms with van der Waals surface area (Å²) in [4.78, 5) is 0. The lowest BCUT2D eigenvalue weighted by molar-refractivity contribution is 0.634. The molecule has 17 heavy (non-hydrogen) atoms. The third kappa shape index (κ3) is 4.74. The van der Waals surface area contributed by atoms with Crippen LogP contribution in [0.2, 0.25) is 0 Å². The van der Waals surface area contributed by atoms with E-state index >= 15 is 0 Å². The first-order chi connectivity index (χ1) is 8.17. The highest BCUT2D eigenvalue weighted by atomic mass is 14.9. The molecule has 1 unspecified atom stereocenters. The molecule has 1 aromatic carbocycles. The van der Waals surface area contributed by atoms with Crippen LogP contribution in [-0.4, -0.2) is 13.1 Å². The van der Waals surface area contributed by atoms with Crippen molar-refractivity contribution in [2.45, 2.75) is 45.6 Å². The van der Waals surface area contributed by atoms with Crippen LogP contribution in [0, 0.1) is 0 Å². The predicted octanol–water partition coefficient (Wildman–Crippen LogP) is 3.74. The summed E-state index contributed by atoms with van der Waals surface area (Å²) in [6.07, 6.45) is 4.77. The van der Waals surface area contributed by atoms with Gasteiger partial charge in [0.1, 0.15) is 0 Å². The molecule has 1 aromatic rings. The van der Waals surface area contributed by atoms with Gasteiger partial charge in [-0.05, 0) is 44.4 Å². The summed E-state index contributed by atoms with van der Waals surface area (Å²) >= 11 is 0. The number of nitrogens with one attached hydrogen (secondary N) is 1. The van der Waals surface area contributed by atoms with Crippen LogP contribution in [0.1, 0.15) is 37.8 Å². The molecule has 0 bridgehead atoms. The molecule has 0 aromatic heterocycles. The lowest BCUT2D eigenvalue weighted by Gasteiger charge is -2.16. The average Bonchev–Trinajstić information content (AvgIpc) is 2.34. The third-order valence-electron chi connectivity index (χ3n) is 3.23. The van der Waals surface area contributed by atoms with Gasteiger partial charge in [0.05, 0.1) is 0 Å². The SMILES string of the molecule is C=C(C)C(Cc1ccc(CCCC)cc1)NC. The Labute approximate surface area is 106 Å². The molecule has 1 heteroatoms. The Hall–Kier alpha value is -1.08. The Morgan fingerprint density at radius 3 is 2.29 bits per heavy atom. The fraction of sp³-hybridized carbons (Fsp3) is 0.500. The Kier molecular flexibility index (Phi) is 5.99. The molecule has 0 radical (unpaired) electrons. The second kappa shape index (κ2) is 7.29. The molecule has 0 aliphatic carbocycles. The minimum atomic E-state index is 0.386. The molecule has 0 saturated carbocycles. The van der Waals surface area contributed by atoms with E-state index in [4.69, 9.17) is 0 Å². The molecule has 1 rings (SSSR count). The van der Waals surface area contributed by atoms with E-state index < -0.39 is 0 Å². The maximum Gasteiger partial charge on any atom is 0.0311 e. The normalized spacial score (nSPS) is 12.4. The number of benzene rings is 1. The Balaban J connectivity index is 2.58. The largest absolute Gasteiger partial charge is 0.313 e. The predicted molar refractivity (Wildman–Crippen MR) is 76.4 cm³/mol. The van der Waals surface area contributed by atoms with Crippen molar-refractivity contribution < 1.29 is 0 Å². The fourth-order valence-electron chi connectivity index (χ4n) is 1.98. The van der Waals surface area contributed by atoms with E-state index in [-0.39, 0.29) is 0 Å². The van der Waals surface area contributed by atoms with Crippen LogP contribution in [-0.2, 0) is 12.8 Å². The number of rotatable bonds is 7. The lowest BCUT2D eigenvalue weighted by Crippen LogP contribution is -2.28. The third-order valence-corrected chi connectivity index (χ3v) is 3.23. The van der Waals surface area contributed by atoms with Crippen molar-refractivity contribution in [3.8, 4) is 0 Å². The number of unbranched alkanes of at least 4 members (excludes halogenated alkanes) is 1. The number of hydrogen-bond donors (Lipinski definition) is 1. The molecule has 1 atom stereocenters. The minimum absolute atomic E-state index is 0.386. The summed E-state index contributed by atoms with van der Waals surface area (Å²) < 4.78 is 0. The highest BCUT2D eigenvalue weighted by molar-refractivity contribution is 5.24. The Morgan fingerprint density at radius 1 is 1.24 bits per heavy atom. The zero-order valence-corrected chi connectivity index (χ0v) is 11.4. The monoisotopic (exact) mass is 231 g/mol. The second-order valence-electron chi connectivity index (χ2n) is 4.81.